The van der Waals surface area contributed by atoms with E-state index in [-0.39, 0.29) is 0 Å². The van der Waals surface area contributed by atoms with Crippen LogP contribution in [0.4, 0.5) is 0 Å². The maximum atomic E-state index is 4.59. The number of pyridine rings is 1. The Morgan fingerprint density at radius 1 is 1.16 bits per heavy atom. The van der Waals surface area contributed by atoms with E-state index in [1.54, 1.807) is 0 Å². The molecular weight excluding hydrogens is 302 g/mol. The van der Waals surface area contributed by atoms with Gasteiger partial charge in [0.15, 0.2) is 0 Å². The summed E-state index contributed by atoms with van der Waals surface area (Å²) < 4.78 is 0.839. The van der Waals surface area contributed by atoms with Gasteiger partial charge < -0.3 is 0 Å². The van der Waals surface area contributed by atoms with Crippen molar-refractivity contribution in [3.05, 3.63) is 51.8 Å². The average Bonchev–Trinajstić information content (AvgIpc) is 2.39. The molecule has 0 aromatic carbocycles. The molecule has 0 radical (unpaired) electrons. The van der Waals surface area contributed by atoms with Gasteiger partial charge in [0, 0.05) is 24.2 Å². The summed E-state index contributed by atoms with van der Waals surface area (Å²) in [6.07, 6.45) is 3.70. The number of rotatable bonds is 4. The highest BCUT2D eigenvalue weighted by atomic mass is 79.9. The molecule has 4 heteroatoms. The van der Waals surface area contributed by atoms with Crippen molar-refractivity contribution in [2.24, 2.45) is 0 Å². The maximum Gasteiger partial charge on any atom is 0.132 e. The predicted octanol–water partition coefficient (Wildman–Crippen LogP) is 3.91. The maximum absolute atomic E-state index is 4.59. The summed E-state index contributed by atoms with van der Waals surface area (Å²) in [6.45, 7) is 6.33. The lowest BCUT2D eigenvalue weighted by Gasteiger charge is -2.07. The monoisotopic (exact) mass is 319 g/mol. The molecule has 0 atom stereocenters. The largest absolute Gasteiger partial charge is 0.261 e. The van der Waals surface area contributed by atoms with Gasteiger partial charge >= 0.3 is 0 Å². The molecule has 0 aliphatic rings. The summed E-state index contributed by atoms with van der Waals surface area (Å²) in [4.78, 5) is 13.5. The molecule has 2 heterocycles. The van der Waals surface area contributed by atoms with Gasteiger partial charge in [-0.2, -0.15) is 0 Å². The molecule has 0 amide bonds. The lowest BCUT2D eigenvalue weighted by atomic mass is 10.1. The molecular formula is C15H18BrN3. The summed E-state index contributed by atoms with van der Waals surface area (Å²) >= 11 is 3.45. The third kappa shape index (κ3) is 3.83. The molecule has 0 unspecified atom stereocenters. The second-order valence-electron chi connectivity index (χ2n) is 4.88. The summed E-state index contributed by atoms with van der Waals surface area (Å²) in [5, 5.41) is 0. The minimum Gasteiger partial charge on any atom is -0.261 e. The molecule has 2 aromatic rings. The van der Waals surface area contributed by atoms with Crippen LogP contribution < -0.4 is 0 Å². The lowest BCUT2D eigenvalue weighted by molar-refractivity contribution is 0.754. The Hall–Kier alpha value is -1.29. The molecule has 0 N–H and O–H groups in total. The molecule has 2 rings (SSSR count). The highest BCUT2D eigenvalue weighted by Crippen LogP contribution is 2.16. The van der Waals surface area contributed by atoms with Crippen LogP contribution in [0.1, 0.15) is 49.5 Å². The SMILES string of the molecule is CCc1ccc(Cc2cc(Br)nc(C(C)C)n2)nc1. The molecule has 2 aromatic heterocycles. The minimum absolute atomic E-state index is 0.326. The molecule has 0 saturated heterocycles. The second-order valence-corrected chi connectivity index (χ2v) is 5.70. The van der Waals surface area contributed by atoms with Gasteiger partial charge in [0.25, 0.3) is 0 Å². The van der Waals surface area contributed by atoms with Crippen LogP contribution in [0, 0.1) is 0 Å². The van der Waals surface area contributed by atoms with Gasteiger partial charge in [-0.15, -0.1) is 0 Å². The van der Waals surface area contributed by atoms with E-state index in [1.165, 1.54) is 5.56 Å². The zero-order chi connectivity index (χ0) is 13.8. The van der Waals surface area contributed by atoms with Crippen molar-refractivity contribution >= 4 is 15.9 Å². The Balaban J connectivity index is 2.22. The van der Waals surface area contributed by atoms with Gasteiger partial charge in [-0.3, -0.25) is 4.98 Å². The number of halogens is 1. The lowest BCUT2D eigenvalue weighted by Crippen LogP contribution is -2.03. The van der Waals surface area contributed by atoms with E-state index in [0.717, 1.165) is 34.7 Å². The fourth-order valence-corrected chi connectivity index (χ4v) is 2.23. The molecule has 100 valence electrons. The van der Waals surface area contributed by atoms with E-state index in [0.29, 0.717) is 5.92 Å². The van der Waals surface area contributed by atoms with E-state index in [9.17, 15) is 0 Å². The first kappa shape index (κ1) is 14.1. The fraction of sp³-hybridized carbons (Fsp3) is 0.400. The molecule has 0 fully saturated rings. The van der Waals surface area contributed by atoms with Crippen molar-refractivity contribution in [3.8, 4) is 0 Å². The van der Waals surface area contributed by atoms with Crippen LogP contribution in [0.2, 0.25) is 0 Å². The first-order chi connectivity index (χ1) is 9.08. The smallest absolute Gasteiger partial charge is 0.132 e. The van der Waals surface area contributed by atoms with Gasteiger partial charge in [0.05, 0.1) is 5.69 Å². The van der Waals surface area contributed by atoms with Crippen LogP contribution in [0.3, 0.4) is 0 Å². The van der Waals surface area contributed by atoms with Crippen molar-refractivity contribution < 1.29 is 0 Å². The number of nitrogens with zero attached hydrogens (tertiary/aromatic N) is 3. The topological polar surface area (TPSA) is 38.7 Å². The van der Waals surface area contributed by atoms with Gasteiger partial charge in [-0.25, -0.2) is 9.97 Å². The van der Waals surface area contributed by atoms with E-state index >= 15 is 0 Å². The Kier molecular flexibility index (Phi) is 4.64. The van der Waals surface area contributed by atoms with E-state index in [4.69, 9.17) is 0 Å². The van der Waals surface area contributed by atoms with Crippen molar-refractivity contribution in [1.29, 1.82) is 0 Å². The quantitative estimate of drug-likeness (QED) is 0.802. The first-order valence-corrected chi connectivity index (χ1v) is 7.35. The third-order valence-electron chi connectivity index (χ3n) is 2.94. The molecule has 0 aliphatic carbocycles. The zero-order valence-corrected chi connectivity index (χ0v) is 13.1. The Morgan fingerprint density at radius 2 is 1.95 bits per heavy atom. The fourth-order valence-electron chi connectivity index (χ4n) is 1.79. The van der Waals surface area contributed by atoms with Crippen LogP contribution in [0.25, 0.3) is 0 Å². The predicted molar refractivity (Wildman–Crippen MR) is 80.2 cm³/mol. The molecule has 0 aliphatic heterocycles. The Morgan fingerprint density at radius 3 is 2.53 bits per heavy atom. The summed E-state index contributed by atoms with van der Waals surface area (Å²) in [6, 6.07) is 6.16. The van der Waals surface area contributed by atoms with Crippen molar-refractivity contribution in [3.63, 3.8) is 0 Å². The van der Waals surface area contributed by atoms with E-state index in [1.807, 2.05) is 12.3 Å². The molecule has 0 saturated carbocycles. The van der Waals surface area contributed by atoms with E-state index < -0.39 is 0 Å². The van der Waals surface area contributed by atoms with Gasteiger partial charge in [0.2, 0.25) is 0 Å². The number of aromatic nitrogens is 3. The van der Waals surface area contributed by atoms with Crippen molar-refractivity contribution in [1.82, 2.24) is 15.0 Å². The summed E-state index contributed by atoms with van der Waals surface area (Å²) in [5.74, 6) is 1.20. The number of hydrogen-bond donors (Lipinski definition) is 0. The van der Waals surface area contributed by atoms with Crippen molar-refractivity contribution in [2.45, 2.75) is 39.5 Å². The van der Waals surface area contributed by atoms with Crippen LogP contribution in [0.15, 0.2) is 29.0 Å². The molecule has 19 heavy (non-hydrogen) atoms. The van der Waals surface area contributed by atoms with Gasteiger partial charge in [-0.1, -0.05) is 26.8 Å². The van der Waals surface area contributed by atoms with E-state index in [2.05, 4.69) is 63.8 Å². The Bertz CT molecular complexity index is 550. The molecule has 0 spiro atoms. The minimum atomic E-state index is 0.326. The first-order valence-electron chi connectivity index (χ1n) is 6.55. The highest BCUT2D eigenvalue weighted by molar-refractivity contribution is 9.10. The summed E-state index contributed by atoms with van der Waals surface area (Å²) in [5.41, 5.74) is 3.30. The normalized spacial score (nSPS) is 11.0. The second kappa shape index (κ2) is 6.24. The van der Waals surface area contributed by atoms with Gasteiger partial charge in [0.1, 0.15) is 10.4 Å². The highest BCUT2D eigenvalue weighted by Gasteiger charge is 2.08. The van der Waals surface area contributed by atoms with Crippen LogP contribution in [-0.2, 0) is 12.8 Å². The average molecular weight is 320 g/mol. The molecule has 0 bridgehead atoms. The zero-order valence-electron chi connectivity index (χ0n) is 11.5. The van der Waals surface area contributed by atoms with Gasteiger partial charge in [-0.05, 0) is 40.0 Å². The van der Waals surface area contributed by atoms with Crippen LogP contribution in [-0.4, -0.2) is 15.0 Å². The number of hydrogen-bond acceptors (Lipinski definition) is 3. The summed E-state index contributed by atoms with van der Waals surface area (Å²) in [7, 11) is 0. The number of aryl methyl sites for hydroxylation is 1. The standard InChI is InChI=1S/C15H18BrN3/c1-4-11-5-6-12(17-9-11)7-13-8-14(16)19-15(18-13)10(2)3/h5-6,8-10H,4,7H2,1-3H3. The van der Waals surface area contributed by atoms with Crippen LogP contribution in [0.5, 0.6) is 0 Å². The Labute approximate surface area is 122 Å². The van der Waals surface area contributed by atoms with Crippen molar-refractivity contribution in [2.75, 3.05) is 0 Å². The van der Waals surface area contributed by atoms with Crippen LogP contribution >= 0.6 is 15.9 Å². The third-order valence-corrected chi connectivity index (χ3v) is 3.34. The molecule has 3 nitrogen and oxygen atoms in total.